The van der Waals surface area contributed by atoms with Crippen LogP contribution < -0.4 is 5.56 Å². The molecule has 0 amide bonds. The first-order valence-electron chi connectivity index (χ1n) is 6.56. The van der Waals surface area contributed by atoms with Gasteiger partial charge in [0.15, 0.2) is 0 Å². The zero-order chi connectivity index (χ0) is 15.6. The predicted octanol–water partition coefficient (Wildman–Crippen LogP) is 0.805. The summed E-state index contributed by atoms with van der Waals surface area (Å²) in [6.07, 6.45) is 0. The fourth-order valence-electron chi connectivity index (χ4n) is 2.17. The largest absolute Gasteiger partial charge is 0.477 e. The summed E-state index contributed by atoms with van der Waals surface area (Å²) in [5.74, 6) is -0.576. The number of carbonyl (C=O) groups is 1. The molecule has 0 aliphatic heterocycles. The van der Waals surface area contributed by atoms with E-state index in [0.29, 0.717) is 41.2 Å². The Kier molecular flexibility index (Phi) is 4.71. The molecule has 8 heteroatoms. The molecule has 114 valence electrons. The minimum Gasteiger partial charge on any atom is -0.477 e. The molecule has 2 aromatic heterocycles. The van der Waals surface area contributed by atoms with Crippen LogP contribution in [0, 0.1) is 6.92 Å². The van der Waals surface area contributed by atoms with Crippen LogP contribution >= 0.6 is 11.3 Å². The number of carboxylic acid groups (broad SMARTS) is 1. The lowest BCUT2D eigenvalue weighted by Crippen LogP contribution is -2.28. The highest BCUT2D eigenvalue weighted by Crippen LogP contribution is 2.26. The van der Waals surface area contributed by atoms with Crippen LogP contribution in [0.2, 0.25) is 0 Å². The maximum absolute atomic E-state index is 12.1. The number of aliphatic hydroxyl groups is 1. The lowest BCUT2D eigenvalue weighted by Gasteiger charge is -2.17. The number of carboxylic acids is 1. The number of hydrogen-bond donors (Lipinski definition) is 3. The summed E-state index contributed by atoms with van der Waals surface area (Å²) in [6, 6.07) is 0. The highest BCUT2D eigenvalue weighted by atomic mass is 32.1. The monoisotopic (exact) mass is 311 g/mol. The van der Waals surface area contributed by atoms with Crippen molar-refractivity contribution >= 4 is 27.5 Å². The van der Waals surface area contributed by atoms with Crippen molar-refractivity contribution in [3.05, 3.63) is 26.6 Å². The molecule has 2 heterocycles. The average molecular weight is 311 g/mol. The minimum absolute atomic E-state index is 0.0294. The number of rotatable bonds is 6. The van der Waals surface area contributed by atoms with Crippen LogP contribution in [0.25, 0.3) is 10.2 Å². The van der Waals surface area contributed by atoms with Gasteiger partial charge in [0.25, 0.3) is 5.56 Å². The third kappa shape index (κ3) is 3.12. The van der Waals surface area contributed by atoms with Crippen LogP contribution in [0.5, 0.6) is 0 Å². The summed E-state index contributed by atoms with van der Waals surface area (Å²) in [5.41, 5.74) is 0.127. The van der Waals surface area contributed by atoms with Gasteiger partial charge in [-0.15, -0.1) is 11.3 Å². The smallest absolute Gasteiger partial charge is 0.346 e. The van der Waals surface area contributed by atoms with Crippen LogP contribution in [-0.4, -0.2) is 50.7 Å². The second-order valence-corrected chi connectivity index (χ2v) is 5.65. The molecule has 21 heavy (non-hydrogen) atoms. The van der Waals surface area contributed by atoms with E-state index in [0.717, 1.165) is 11.3 Å². The van der Waals surface area contributed by atoms with E-state index in [-0.39, 0.29) is 17.0 Å². The zero-order valence-corrected chi connectivity index (χ0v) is 12.7. The average Bonchev–Trinajstić information content (AvgIpc) is 2.76. The second-order valence-electron chi connectivity index (χ2n) is 4.65. The van der Waals surface area contributed by atoms with Crippen molar-refractivity contribution in [1.82, 2.24) is 14.9 Å². The first-order valence-corrected chi connectivity index (χ1v) is 7.38. The molecule has 0 spiro atoms. The third-order valence-electron chi connectivity index (χ3n) is 3.28. The molecular weight excluding hydrogens is 294 g/mol. The van der Waals surface area contributed by atoms with Crippen molar-refractivity contribution in [2.45, 2.75) is 20.4 Å². The Morgan fingerprint density at radius 2 is 2.19 bits per heavy atom. The van der Waals surface area contributed by atoms with Crippen molar-refractivity contribution in [3.63, 3.8) is 0 Å². The highest BCUT2D eigenvalue weighted by Gasteiger charge is 2.18. The SMILES string of the molecule is CCN(CCO)Cc1nc2sc(C(=O)O)c(C)c2c(=O)[nH]1. The molecule has 2 rings (SSSR count). The number of nitrogens with zero attached hydrogens (tertiary/aromatic N) is 2. The summed E-state index contributed by atoms with van der Waals surface area (Å²) in [5, 5.41) is 18.4. The van der Waals surface area contributed by atoms with E-state index >= 15 is 0 Å². The molecule has 0 aliphatic carbocycles. The molecule has 3 N–H and O–H groups in total. The van der Waals surface area contributed by atoms with E-state index < -0.39 is 5.97 Å². The number of aromatic amines is 1. The number of hydrogen-bond acceptors (Lipinski definition) is 6. The van der Waals surface area contributed by atoms with Gasteiger partial charge in [-0.05, 0) is 19.0 Å². The van der Waals surface area contributed by atoms with Crippen LogP contribution in [0.1, 0.15) is 28.0 Å². The number of aryl methyl sites for hydroxylation is 1. The van der Waals surface area contributed by atoms with Crippen molar-refractivity contribution in [3.8, 4) is 0 Å². The molecule has 0 atom stereocenters. The first-order chi connectivity index (χ1) is 9.97. The van der Waals surface area contributed by atoms with E-state index in [2.05, 4.69) is 9.97 Å². The number of nitrogens with one attached hydrogen (secondary N) is 1. The number of fused-ring (bicyclic) bond motifs is 1. The lowest BCUT2D eigenvalue weighted by atomic mass is 10.2. The molecule has 0 aliphatic rings. The Labute approximate surface area is 124 Å². The van der Waals surface area contributed by atoms with Gasteiger partial charge in [-0.1, -0.05) is 6.92 Å². The molecule has 0 aromatic carbocycles. The lowest BCUT2D eigenvalue weighted by molar-refractivity contribution is 0.0701. The van der Waals surface area contributed by atoms with Crippen molar-refractivity contribution < 1.29 is 15.0 Å². The number of aliphatic hydroxyl groups excluding tert-OH is 1. The fourth-order valence-corrected chi connectivity index (χ4v) is 3.21. The van der Waals surface area contributed by atoms with E-state index in [4.69, 9.17) is 10.2 Å². The van der Waals surface area contributed by atoms with Gasteiger partial charge in [0.2, 0.25) is 0 Å². The minimum atomic E-state index is -1.05. The van der Waals surface area contributed by atoms with Gasteiger partial charge in [-0.3, -0.25) is 9.69 Å². The first kappa shape index (κ1) is 15.6. The van der Waals surface area contributed by atoms with Crippen molar-refractivity contribution in [2.24, 2.45) is 0 Å². The quantitative estimate of drug-likeness (QED) is 0.729. The van der Waals surface area contributed by atoms with Gasteiger partial charge in [0, 0.05) is 6.54 Å². The standard InChI is InChI=1S/C13H17N3O4S/c1-3-16(4-5-17)6-8-14-11(18)9-7(2)10(13(19)20)21-12(9)15-8/h17H,3-6H2,1-2H3,(H,19,20)(H,14,15,18). The topological polar surface area (TPSA) is 107 Å². The molecule has 0 bridgehead atoms. The van der Waals surface area contributed by atoms with Gasteiger partial charge >= 0.3 is 5.97 Å². The Morgan fingerprint density at radius 1 is 1.48 bits per heavy atom. The Bertz CT molecular complexity index is 722. The molecule has 0 saturated heterocycles. The van der Waals surface area contributed by atoms with Crippen molar-refractivity contribution in [2.75, 3.05) is 19.7 Å². The van der Waals surface area contributed by atoms with Gasteiger partial charge in [-0.2, -0.15) is 0 Å². The summed E-state index contributed by atoms with van der Waals surface area (Å²) < 4.78 is 0. The maximum atomic E-state index is 12.1. The molecular formula is C13H17N3O4S. The number of aromatic nitrogens is 2. The van der Waals surface area contributed by atoms with Crippen molar-refractivity contribution in [1.29, 1.82) is 0 Å². The summed E-state index contributed by atoms with van der Waals surface area (Å²) >= 11 is 1.01. The number of thiophene rings is 1. The number of likely N-dealkylation sites (N-methyl/N-ethyl adjacent to an activating group) is 1. The maximum Gasteiger partial charge on any atom is 0.346 e. The van der Waals surface area contributed by atoms with Gasteiger partial charge < -0.3 is 15.2 Å². The molecule has 0 fully saturated rings. The highest BCUT2D eigenvalue weighted by molar-refractivity contribution is 7.20. The van der Waals surface area contributed by atoms with E-state index in [1.54, 1.807) is 6.92 Å². The van der Waals surface area contributed by atoms with Crippen LogP contribution in [0.15, 0.2) is 4.79 Å². The Balaban J connectivity index is 2.45. The number of H-pyrrole nitrogens is 1. The van der Waals surface area contributed by atoms with E-state index in [1.807, 2.05) is 11.8 Å². The molecule has 0 unspecified atom stereocenters. The normalized spacial score (nSPS) is 11.4. The van der Waals surface area contributed by atoms with E-state index in [9.17, 15) is 9.59 Å². The predicted molar refractivity (Wildman–Crippen MR) is 80.0 cm³/mol. The molecule has 0 saturated carbocycles. The van der Waals surface area contributed by atoms with Gasteiger partial charge in [0.05, 0.1) is 18.5 Å². The third-order valence-corrected chi connectivity index (χ3v) is 4.45. The fraction of sp³-hybridized carbons (Fsp3) is 0.462. The van der Waals surface area contributed by atoms with Gasteiger partial charge in [0.1, 0.15) is 15.5 Å². The Morgan fingerprint density at radius 3 is 2.76 bits per heavy atom. The van der Waals surface area contributed by atoms with Crippen LogP contribution in [0.4, 0.5) is 0 Å². The second kappa shape index (κ2) is 6.33. The summed E-state index contributed by atoms with van der Waals surface area (Å²) in [7, 11) is 0. The molecule has 7 nitrogen and oxygen atoms in total. The summed E-state index contributed by atoms with van der Waals surface area (Å²) in [6.45, 7) is 5.20. The van der Waals surface area contributed by atoms with E-state index in [1.165, 1.54) is 0 Å². The zero-order valence-electron chi connectivity index (χ0n) is 11.8. The molecule has 0 radical (unpaired) electrons. The Hall–Kier alpha value is -1.77. The van der Waals surface area contributed by atoms with Crippen LogP contribution in [-0.2, 0) is 6.54 Å². The number of aromatic carboxylic acids is 1. The molecule has 2 aromatic rings. The summed E-state index contributed by atoms with van der Waals surface area (Å²) in [4.78, 5) is 32.8. The van der Waals surface area contributed by atoms with Crippen LogP contribution in [0.3, 0.4) is 0 Å². The van der Waals surface area contributed by atoms with Gasteiger partial charge in [-0.25, -0.2) is 9.78 Å².